The molecule has 0 spiro atoms. The zero-order valence-corrected chi connectivity index (χ0v) is 17.0. The fraction of sp³-hybridized carbons (Fsp3) is 0.333. The smallest absolute Gasteiger partial charge is 0.326 e. The van der Waals surface area contributed by atoms with E-state index in [4.69, 9.17) is 15.9 Å². The van der Waals surface area contributed by atoms with Crippen LogP contribution in [0.2, 0.25) is 0 Å². The first-order valence-corrected chi connectivity index (χ1v) is 9.98. The Morgan fingerprint density at radius 3 is 2.56 bits per heavy atom. The molecule has 1 aromatic rings. The molecule has 32 heavy (non-hydrogen) atoms. The number of benzene rings is 1. The number of aliphatic imine (C=N–C) groups is 2. The number of nitrogens with one attached hydrogen (secondary N) is 2. The molecule has 0 saturated carbocycles. The van der Waals surface area contributed by atoms with Crippen LogP contribution in [-0.4, -0.2) is 58.3 Å². The highest BCUT2D eigenvalue weighted by Gasteiger charge is 2.27. The summed E-state index contributed by atoms with van der Waals surface area (Å²) in [5.74, 6) is -3.05. The molecule has 11 heteroatoms. The number of allylic oxidation sites excluding steroid dienone is 1. The number of hydrogen-bond acceptors (Lipinski definition) is 7. The molecule has 3 rings (SSSR count). The van der Waals surface area contributed by atoms with Gasteiger partial charge in [-0.2, -0.15) is 0 Å². The maximum atomic E-state index is 12.3. The Bertz CT molecular complexity index is 1010. The third-order valence-electron chi connectivity index (χ3n) is 5.03. The third-order valence-corrected chi connectivity index (χ3v) is 5.03. The number of nitrogens with two attached hydrogens (primary N) is 1. The first-order valence-electron chi connectivity index (χ1n) is 9.98. The lowest BCUT2D eigenvalue weighted by Gasteiger charge is -2.22. The van der Waals surface area contributed by atoms with E-state index < -0.39 is 30.2 Å². The quantitative estimate of drug-likeness (QED) is 0.359. The summed E-state index contributed by atoms with van der Waals surface area (Å²) >= 11 is 0. The Hall–Kier alpha value is -3.86. The molecule has 168 valence electrons. The second kappa shape index (κ2) is 9.96. The van der Waals surface area contributed by atoms with Gasteiger partial charge < -0.3 is 20.8 Å². The van der Waals surface area contributed by atoms with Gasteiger partial charge in [-0.05, 0) is 37.0 Å². The number of carboxylic acids is 2. The van der Waals surface area contributed by atoms with Crippen molar-refractivity contribution in [2.24, 2.45) is 21.6 Å². The number of fused-ring (bicyclic) bond motifs is 1. The number of carboxylic acid groups (broad SMARTS) is 2. The van der Waals surface area contributed by atoms with Gasteiger partial charge in [0, 0.05) is 24.1 Å². The normalized spacial score (nSPS) is 20.3. The van der Waals surface area contributed by atoms with Gasteiger partial charge in [0.15, 0.2) is 12.1 Å². The summed E-state index contributed by atoms with van der Waals surface area (Å²) in [7, 11) is 0. The minimum absolute atomic E-state index is 0.0578. The Labute approximate surface area is 183 Å². The molecule has 0 saturated heterocycles. The van der Waals surface area contributed by atoms with Crippen molar-refractivity contribution in [3.63, 3.8) is 0 Å². The number of rotatable bonds is 9. The molecule has 0 radical (unpaired) electrons. The van der Waals surface area contributed by atoms with E-state index in [-0.39, 0.29) is 30.2 Å². The van der Waals surface area contributed by atoms with Crippen molar-refractivity contribution >= 4 is 35.8 Å². The third kappa shape index (κ3) is 5.85. The summed E-state index contributed by atoms with van der Waals surface area (Å²) in [5.41, 5.74) is 7.23. The van der Waals surface area contributed by atoms with Crippen molar-refractivity contribution in [1.29, 1.82) is 0 Å². The molecule has 2 amide bonds. The first kappa shape index (κ1) is 22.8. The predicted molar refractivity (Wildman–Crippen MR) is 114 cm³/mol. The maximum absolute atomic E-state index is 12.3. The molecule has 1 aromatic carbocycles. The highest BCUT2D eigenvalue weighted by atomic mass is 16.4. The molecule has 2 aliphatic heterocycles. The van der Waals surface area contributed by atoms with Crippen LogP contribution >= 0.6 is 0 Å². The molecule has 2 aliphatic rings. The summed E-state index contributed by atoms with van der Waals surface area (Å²) in [6, 6.07) is 5.39. The molecule has 11 nitrogen and oxygen atoms in total. The van der Waals surface area contributed by atoms with Crippen LogP contribution in [0.25, 0.3) is 0 Å². The fourth-order valence-electron chi connectivity index (χ4n) is 3.30. The predicted octanol–water partition coefficient (Wildman–Crippen LogP) is 0.0646. The van der Waals surface area contributed by atoms with Crippen LogP contribution < -0.4 is 16.4 Å². The Morgan fingerprint density at radius 1 is 1.19 bits per heavy atom. The number of hydrogen-bond donors (Lipinski definition) is 5. The second-order valence-corrected chi connectivity index (χ2v) is 7.43. The molecule has 3 atom stereocenters. The van der Waals surface area contributed by atoms with Gasteiger partial charge in [-0.3, -0.25) is 20.1 Å². The van der Waals surface area contributed by atoms with E-state index in [2.05, 4.69) is 20.6 Å². The molecule has 1 unspecified atom stereocenters. The fourth-order valence-corrected chi connectivity index (χ4v) is 3.30. The number of amidine groups is 1. The van der Waals surface area contributed by atoms with Gasteiger partial charge in [-0.25, -0.2) is 14.8 Å². The molecule has 0 aromatic heterocycles. The largest absolute Gasteiger partial charge is 0.481 e. The van der Waals surface area contributed by atoms with Crippen LogP contribution in [0.15, 0.2) is 45.9 Å². The maximum Gasteiger partial charge on any atom is 0.326 e. The molecule has 2 heterocycles. The standard InChI is InChI=1S/C21H23N5O6/c22-21-25-17-14(19(30)26-21)9-12(10-23-17)2-1-11-3-5-13(6-4-11)18(29)24-15(20(31)32)7-8-16(27)28/h3-6,9-10,12,15,21H,1-2,7-8,22H2,(H,24,29)(H,26,30)(H,27,28)(H,31,32)/t12-,15+,21?/m1/s1. The van der Waals surface area contributed by atoms with Crippen molar-refractivity contribution in [2.75, 3.05) is 0 Å². The van der Waals surface area contributed by atoms with E-state index in [0.29, 0.717) is 24.3 Å². The van der Waals surface area contributed by atoms with Gasteiger partial charge in [0.05, 0.1) is 5.57 Å². The lowest BCUT2D eigenvalue weighted by atomic mass is 9.95. The Kier molecular flexibility index (Phi) is 7.11. The first-order chi connectivity index (χ1) is 15.2. The van der Waals surface area contributed by atoms with Crippen LogP contribution in [-0.2, 0) is 20.8 Å². The van der Waals surface area contributed by atoms with Gasteiger partial charge in [-0.15, -0.1) is 0 Å². The van der Waals surface area contributed by atoms with Crippen molar-refractivity contribution in [1.82, 2.24) is 10.6 Å². The highest BCUT2D eigenvalue weighted by Crippen LogP contribution is 2.19. The van der Waals surface area contributed by atoms with Gasteiger partial charge in [0.25, 0.3) is 11.8 Å². The van der Waals surface area contributed by atoms with Crippen molar-refractivity contribution < 1.29 is 29.4 Å². The van der Waals surface area contributed by atoms with Crippen molar-refractivity contribution in [2.45, 2.75) is 38.0 Å². The number of amides is 2. The average Bonchev–Trinajstić information content (AvgIpc) is 2.75. The van der Waals surface area contributed by atoms with Gasteiger partial charge >= 0.3 is 11.9 Å². The van der Waals surface area contributed by atoms with Crippen LogP contribution in [0, 0.1) is 5.92 Å². The van der Waals surface area contributed by atoms with E-state index >= 15 is 0 Å². The summed E-state index contributed by atoms with van der Waals surface area (Å²) in [6.45, 7) is 0. The number of carbonyl (C=O) groups excluding carboxylic acids is 2. The van der Waals surface area contributed by atoms with E-state index in [0.717, 1.165) is 5.56 Å². The summed E-state index contributed by atoms with van der Waals surface area (Å²) in [4.78, 5) is 54.5. The minimum atomic E-state index is -1.29. The van der Waals surface area contributed by atoms with Crippen LogP contribution in [0.5, 0.6) is 0 Å². The zero-order chi connectivity index (χ0) is 23.3. The Balaban J connectivity index is 1.56. The second-order valence-electron chi connectivity index (χ2n) is 7.43. The van der Waals surface area contributed by atoms with Gasteiger partial charge in [0.1, 0.15) is 6.04 Å². The number of dihydropyridines is 1. The molecule has 0 aliphatic carbocycles. The summed E-state index contributed by atoms with van der Waals surface area (Å²) in [5, 5.41) is 22.7. The molecule has 0 bridgehead atoms. The van der Waals surface area contributed by atoms with E-state index in [9.17, 15) is 19.2 Å². The SMILES string of the molecule is NC1N=C2N=C[C@H](CCc3ccc(C(=O)N[C@@H](CCC(=O)O)C(=O)O)cc3)C=C2C(=O)N1. The number of aryl methyl sites for hydroxylation is 1. The summed E-state index contributed by atoms with van der Waals surface area (Å²) in [6.07, 6.45) is 3.51. The van der Waals surface area contributed by atoms with Crippen molar-refractivity contribution in [3.05, 3.63) is 47.0 Å². The monoisotopic (exact) mass is 441 g/mol. The van der Waals surface area contributed by atoms with E-state index in [1.54, 1.807) is 36.6 Å². The van der Waals surface area contributed by atoms with Gasteiger partial charge in [-0.1, -0.05) is 18.2 Å². The minimum Gasteiger partial charge on any atom is -0.481 e. The average molecular weight is 441 g/mol. The molecule has 0 fully saturated rings. The molecular weight excluding hydrogens is 418 g/mol. The van der Waals surface area contributed by atoms with Crippen LogP contribution in [0.1, 0.15) is 35.2 Å². The van der Waals surface area contributed by atoms with Gasteiger partial charge in [0.2, 0.25) is 0 Å². The highest BCUT2D eigenvalue weighted by molar-refractivity contribution is 6.24. The van der Waals surface area contributed by atoms with Crippen LogP contribution in [0.4, 0.5) is 0 Å². The Morgan fingerprint density at radius 2 is 1.91 bits per heavy atom. The topological polar surface area (TPSA) is 184 Å². The number of carbonyl (C=O) groups is 4. The molecular formula is C21H23N5O6. The lowest BCUT2D eigenvalue weighted by molar-refractivity contribution is -0.140. The zero-order valence-electron chi connectivity index (χ0n) is 17.0. The van der Waals surface area contributed by atoms with E-state index in [1.165, 1.54) is 0 Å². The molecule has 6 N–H and O–H groups in total. The van der Waals surface area contributed by atoms with Crippen LogP contribution in [0.3, 0.4) is 0 Å². The number of nitrogens with zero attached hydrogens (tertiary/aromatic N) is 2. The summed E-state index contributed by atoms with van der Waals surface area (Å²) < 4.78 is 0. The lowest BCUT2D eigenvalue weighted by Crippen LogP contribution is -2.47. The number of aliphatic carboxylic acids is 2. The van der Waals surface area contributed by atoms with E-state index in [1.807, 2.05) is 0 Å². The van der Waals surface area contributed by atoms with Crippen molar-refractivity contribution in [3.8, 4) is 0 Å².